The lowest BCUT2D eigenvalue weighted by Gasteiger charge is -2.35. The molecule has 3 aromatic rings. The molecule has 0 bridgehead atoms. The molecule has 1 aliphatic carbocycles. The van der Waals surface area contributed by atoms with Crippen molar-refractivity contribution in [3.05, 3.63) is 82.2 Å². The molecule has 2 aliphatic rings. The largest absolute Gasteiger partial charge is 0.336 e. The summed E-state index contributed by atoms with van der Waals surface area (Å²) in [6, 6.07) is 9.98. The molecule has 160 valence electrons. The first-order chi connectivity index (χ1) is 15.0. The molecule has 3 heterocycles. The number of imidazole rings is 1. The zero-order chi connectivity index (χ0) is 21.5. The Balaban J connectivity index is 1.71. The molecular formula is C24H27ClN6. The first-order valence-electron chi connectivity index (χ1n) is 10.7. The molecule has 1 fully saturated rings. The second-order valence-corrected chi connectivity index (χ2v) is 9.00. The lowest BCUT2D eigenvalue weighted by Crippen LogP contribution is -2.40. The number of nitrogens with zero attached hydrogens (tertiary/aromatic N) is 4. The fraction of sp³-hybridized carbons (Fsp3) is 0.333. The standard InChI is InChI=1S/C24H27ClN6/c1-30-14-28-13-21(30)23(26)20-11-16-3-2-8-29-24(16)22(15-6-9-31(27)10-7-15)18-5-4-17(25)12-19(18)20/h2-5,8,11-15,22-23H,6-7,9-10,26-27H2,1H3/t22-,23?/m0/s1. The quantitative estimate of drug-likeness (QED) is 0.613. The summed E-state index contributed by atoms with van der Waals surface area (Å²) < 4.78 is 1.97. The van der Waals surface area contributed by atoms with Gasteiger partial charge in [-0.15, -0.1) is 0 Å². The van der Waals surface area contributed by atoms with Crippen LogP contribution in [0.2, 0.25) is 5.02 Å². The van der Waals surface area contributed by atoms with Crippen LogP contribution in [0, 0.1) is 5.92 Å². The molecule has 0 saturated carbocycles. The Morgan fingerprint density at radius 1 is 1.19 bits per heavy atom. The van der Waals surface area contributed by atoms with Crippen molar-refractivity contribution in [2.24, 2.45) is 24.5 Å². The third kappa shape index (κ3) is 3.70. The van der Waals surface area contributed by atoms with E-state index in [0.717, 1.165) is 54.0 Å². The highest BCUT2D eigenvalue weighted by molar-refractivity contribution is 6.30. The molecule has 31 heavy (non-hydrogen) atoms. The lowest BCUT2D eigenvalue weighted by molar-refractivity contribution is 0.177. The first-order valence-corrected chi connectivity index (χ1v) is 11.1. The number of pyridine rings is 1. The van der Waals surface area contributed by atoms with Crippen molar-refractivity contribution < 1.29 is 0 Å². The average Bonchev–Trinajstić information content (AvgIpc) is 3.14. The molecule has 5 rings (SSSR count). The van der Waals surface area contributed by atoms with Crippen molar-refractivity contribution in [3.8, 4) is 0 Å². The van der Waals surface area contributed by atoms with Crippen LogP contribution in [-0.4, -0.2) is 32.6 Å². The normalized spacial score (nSPS) is 20.5. The SMILES string of the molecule is Cn1cncc1C(N)C1=Cc2cccnc2[C@@H](C2CCN(N)CC2)c2ccc(Cl)cc21. The zero-order valence-corrected chi connectivity index (χ0v) is 18.3. The predicted molar refractivity (Wildman–Crippen MR) is 124 cm³/mol. The highest BCUT2D eigenvalue weighted by Gasteiger charge is 2.35. The van der Waals surface area contributed by atoms with Crippen LogP contribution in [-0.2, 0) is 7.05 Å². The van der Waals surface area contributed by atoms with Gasteiger partial charge in [0.1, 0.15) is 0 Å². The van der Waals surface area contributed by atoms with Gasteiger partial charge in [-0.05, 0) is 65.3 Å². The number of aryl methyl sites for hydroxylation is 1. The number of halogens is 1. The van der Waals surface area contributed by atoms with Crippen molar-refractivity contribution in [1.82, 2.24) is 19.5 Å². The Kier molecular flexibility index (Phi) is 5.40. The molecular weight excluding hydrogens is 408 g/mol. The number of benzene rings is 1. The molecule has 1 unspecified atom stereocenters. The lowest BCUT2D eigenvalue weighted by atomic mass is 9.76. The second-order valence-electron chi connectivity index (χ2n) is 8.57. The van der Waals surface area contributed by atoms with Crippen LogP contribution >= 0.6 is 11.6 Å². The highest BCUT2D eigenvalue weighted by atomic mass is 35.5. The molecule has 0 amide bonds. The van der Waals surface area contributed by atoms with Gasteiger partial charge in [0.25, 0.3) is 0 Å². The van der Waals surface area contributed by atoms with E-state index in [4.69, 9.17) is 28.2 Å². The Hall–Kier alpha value is -2.51. The van der Waals surface area contributed by atoms with Crippen LogP contribution in [0.15, 0.2) is 49.1 Å². The highest BCUT2D eigenvalue weighted by Crippen LogP contribution is 2.46. The summed E-state index contributed by atoms with van der Waals surface area (Å²) in [5, 5.41) is 2.62. The number of fused-ring (bicyclic) bond motifs is 2. The second kappa shape index (κ2) is 8.20. The summed E-state index contributed by atoms with van der Waals surface area (Å²) in [7, 11) is 1.97. The third-order valence-electron chi connectivity index (χ3n) is 6.69. The van der Waals surface area contributed by atoms with E-state index in [1.165, 1.54) is 5.56 Å². The van der Waals surface area contributed by atoms with Gasteiger partial charge in [-0.2, -0.15) is 0 Å². The van der Waals surface area contributed by atoms with Crippen LogP contribution in [0.25, 0.3) is 11.6 Å². The van der Waals surface area contributed by atoms with Gasteiger partial charge < -0.3 is 10.3 Å². The molecule has 6 nitrogen and oxygen atoms in total. The van der Waals surface area contributed by atoms with Crippen LogP contribution in [0.5, 0.6) is 0 Å². The minimum absolute atomic E-state index is 0.171. The van der Waals surface area contributed by atoms with E-state index >= 15 is 0 Å². The van der Waals surface area contributed by atoms with Crippen LogP contribution < -0.4 is 11.6 Å². The van der Waals surface area contributed by atoms with Crippen molar-refractivity contribution in [2.45, 2.75) is 24.8 Å². The van der Waals surface area contributed by atoms with E-state index < -0.39 is 0 Å². The number of piperidine rings is 1. The number of hydrazine groups is 1. The van der Waals surface area contributed by atoms with E-state index in [2.05, 4.69) is 29.3 Å². The Morgan fingerprint density at radius 3 is 2.74 bits per heavy atom. The summed E-state index contributed by atoms with van der Waals surface area (Å²) in [6.45, 7) is 1.78. The van der Waals surface area contributed by atoms with E-state index in [9.17, 15) is 0 Å². The summed E-state index contributed by atoms with van der Waals surface area (Å²) in [5.74, 6) is 6.69. The van der Waals surface area contributed by atoms with Crippen molar-refractivity contribution in [2.75, 3.05) is 13.1 Å². The average molecular weight is 435 g/mol. The molecule has 0 spiro atoms. The Morgan fingerprint density at radius 2 is 2.00 bits per heavy atom. The predicted octanol–water partition coefficient (Wildman–Crippen LogP) is 3.74. The van der Waals surface area contributed by atoms with Crippen LogP contribution in [0.4, 0.5) is 0 Å². The van der Waals surface area contributed by atoms with E-state index in [0.29, 0.717) is 10.9 Å². The van der Waals surface area contributed by atoms with E-state index in [1.54, 1.807) is 6.33 Å². The maximum absolute atomic E-state index is 6.83. The third-order valence-corrected chi connectivity index (χ3v) is 6.93. The summed E-state index contributed by atoms with van der Waals surface area (Å²) in [6.07, 6.45) is 9.75. The van der Waals surface area contributed by atoms with Gasteiger partial charge in [0.15, 0.2) is 0 Å². The molecule has 1 saturated heterocycles. The van der Waals surface area contributed by atoms with Crippen LogP contribution in [0.1, 0.15) is 52.9 Å². The van der Waals surface area contributed by atoms with Gasteiger partial charge in [-0.25, -0.2) is 9.99 Å². The smallest absolute Gasteiger partial charge is 0.0946 e. The zero-order valence-electron chi connectivity index (χ0n) is 17.6. The number of aromatic nitrogens is 3. The summed E-state index contributed by atoms with van der Waals surface area (Å²) in [4.78, 5) is 9.14. The van der Waals surface area contributed by atoms with Gasteiger partial charge in [-0.3, -0.25) is 10.8 Å². The van der Waals surface area contributed by atoms with Crippen LogP contribution in [0.3, 0.4) is 0 Å². The van der Waals surface area contributed by atoms with E-state index in [1.807, 2.05) is 41.2 Å². The Bertz CT molecular complexity index is 1130. The van der Waals surface area contributed by atoms with E-state index in [-0.39, 0.29) is 12.0 Å². The van der Waals surface area contributed by atoms with Gasteiger partial charge in [0, 0.05) is 37.3 Å². The molecule has 4 N–H and O–H groups in total. The maximum atomic E-state index is 6.83. The van der Waals surface area contributed by atoms with Gasteiger partial charge in [0.05, 0.1) is 30.0 Å². The summed E-state index contributed by atoms with van der Waals surface area (Å²) >= 11 is 6.50. The summed E-state index contributed by atoms with van der Waals surface area (Å²) in [5.41, 5.74) is 13.4. The van der Waals surface area contributed by atoms with Gasteiger partial charge >= 0.3 is 0 Å². The number of hydrogen-bond donors (Lipinski definition) is 2. The molecule has 2 atom stereocenters. The minimum atomic E-state index is -0.331. The fourth-order valence-electron chi connectivity index (χ4n) is 5.07. The van der Waals surface area contributed by atoms with Crippen molar-refractivity contribution in [3.63, 3.8) is 0 Å². The number of nitrogens with two attached hydrogens (primary N) is 2. The monoisotopic (exact) mass is 434 g/mol. The van der Waals surface area contributed by atoms with Crippen molar-refractivity contribution >= 4 is 23.3 Å². The van der Waals surface area contributed by atoms with Gasteiger partial charge in [-0.1, -0.05) is 23.7 Å². The maximum Gasteiger partial charge on any atom is 0.0946 e. The molecule has 7 heteroatoms. The number of rotatable bonds is 3. The van der Waals surface area contributed by atoms with Crippen molar-refractivity contribution in [1.29, 1.82) is 0 Å². The molecule has 1 aromatic carbocycles. The Labute approximate surface area is 187 Å². The topological polar surface area (TPSA) is 86.0 Å². The molecule has 2 aromatic heterocycles. The number of hydrogen-bond acceptors (Lipinski definition) is 5. The molecule has 0 radical (unpaired) electrons. The van der Waals surface area contributed by atoms with Gasteiger partial charge in [0.2, 0.25) is 0 Å². The fourth-order valence-corrected chi connectivity index (χ4v) is 5.24. The first kappa shape index (κ1) is 20.4. The molecule has 1 aliphatic heterocycles. The minimum Gasteiger partial charge on any atom is -0.336 e.